The van der Waals surface area contributed by atoms with Gasteiger partial charge in [-0.1, -0.05) is 18.1 Å². The number of hydrogen-bond acceptors (Lipinski definition) is 3. The van der Waals surface area contributed by atoms with E-state index < -0.39 is 11.4 Å². The van der Waals surface area contributed by atoms with E-state index in [4.69, 9.17) is 17.3 Å². The number of benzene rings is 1. The van der Waals surface area contributed by atoms with E-state index in [1.807, 2.05) is 12.1 Å². The van der Waals surface area contributed by atoms with Crippen LogP contribution in [0.5, 0.6) is 0 Å². The third kappa shape index (κ3) is 2.59. The van der Waals surface area contributed by atoms with Gasteiger partial charge in [0.2, 0.25) is 5.91 Å². The lowest BCUT2D eigenvalue weighted by atomic mass is 9.94. The molecule has 0 radical (unpaired) electrons. The van der Waals surface area contributed by atoms with E-state index in [1.54, 1.807) is 12.1 Å². The van der Waals surface area contributed by atoms with E-state index in [0.29, 0.717) is 18.5 Å². The zero-order valence-corrected chi connectivity index (χ0v) is 11.0. The summed E-state index contributed by atoms with van der Waals surface area (Å²) in [6.45, 7) is -0.373. The monoisotopic (exact) mass is 272 g/mol. The van der Waals surface area contributed by atoms with Crippen LogP contribution < -0.4 is 5.73 Å². The summed E-state index contributed by atoms with van der Waals surface area (Å²) in [6, 6.07) is 7.11. The molecule has 1 amide bonds. The molecule has 1 saturated carbocycles. The van der Waals surface area contributed by atoms with Gasteiger partial charge in [-0.3, -0.25) is 9.59 Å². The molecular weight excluding hydrogens is 256 g/mol. The maximum absolute atomic E-state index is 12.6. The van der Waals surface area contributed by atoms with Gasteiger partial charge in [0.1, 0.15) is 6.54 Å². The number of hydrogen-bond donors (Lipinski definition) is 2. The van der Waals surface area contributed by atoms with E-state index in [9.17, 15) is 9.59 Å². The molecule has 104 valence electrons. The van der Waals surface area contributed by atoms with Crippen LogP contribution in [0.15, 0.2) is 24.3 Å². The molecule has 1 aliphatic rings. The zero-order valence-electron chi connectivity index (χ0n) is 11.0. The van der Waals surface area contributed by atoms with Crippen LogP contribution in [0, 0.1) is 12.3 Å². The first-order chi connectivity index (χ1) is 9.49. The van der Waals surface area contributed by atoms with E-state index >= 15 is 0 Å². The Kier molecular flexibility index (Phi) is 3.66. The predicted molar refractivity (Wildman–Crippen MR) is 74.8 cm³/mol. The first kappa shape index (κ1) is 13.9. The maximum Gasteiger partial charge on any atom is 0.323 e. The van der Waals surface area contributed by atoms with Crippen LogP contribution in [0.4, 0.5) is 5.69 Å². The number of carboxylic acid groups (broad SMARTS) is 1. The fourth-order valence-corrected chi connectivity index (χ4v) is 2.33. The van der Waals surface area contributed by atoms with Gasteiger partial charge in [-0.05, 0) is 30.5 Å². The summed E-state index contributed by atoms with van der Waals surface area (Å²) in [6.07, 6.45) is 6.62. The van der Waals surface area contributed by atoms with Crippen LogP contribution in [0.25, 0.3) is 0 Å². The average molecular weight is 272 g/mol. The van der Waals surface area contributed by atoms with Gasteiger partial charge in [-0.2, -0.15) is 0 Å². The highest BCUT2D eigenvalue weighted by Gasteiger charge is 2.53. The third-order valence-electron chi connectivity index (χ3n) is 3.52. The first-order valence-electron chi connectivity index (χ1n) is 6.30. The lowest BCUT2D eigenvalue weighted by Gasteiger charge is -2.24. The van der Waals surface area contributed by atoms with Crippen LogP contribution in [-0.2, 0) is 15.0 Å². The Morgan fingerprint density at radius 2 is 1.95 bits per heavy atom. The first-order valence-corrected chi connectivity index (χ1v) is 6.30. The lowest BCUT2D eigenvalue weighted by molar-refractivity contribution is -0.145. The van der Waals surface area contributed by atoms with Crippen molar-refractivity contribution >= 4 is 17.6 Å². The fraction of sp³-hybridized carbons (Fsp3) is 0.333. The Bertz CT molecular complexity index is 568. The van der Waals surface area contributed by atoms with Crippen molar-refractivity contribution in [1.82, 2.24) is 4.90 Å². The SMILES string of the molecule is C#CCN(CC(=O)O)C(=O)C1(c2ccc(N)cc2)CC1. The van der Waals surface area contributed by atoms with Gasteiger partial charge < -0.3 is 15.7 Å². The summed E-state index contributed by atoms with van der Waals surface area (Å²) in [4.78, 5) is 24.6. The largest absolute Gasteiger partial charge is 0.480 e. The normalized spacial score (nSPS) is 15.2. The number of aliphatic carboxylic acids is 1. The second kappa shape index (κ2) is 5.25. The van der Waals surface area contributed by atoms with Crippen LogP contribution in [0.1, 0.15) is 18.4 Å². The van der Waals surface area contributed by atoms with Crippen molar-refractivity contribution in [3.8, 4) is 12.3 Å². The molecule has 1 fully saturated rings. The Balaban J connectivity index is 2.24. The second-order valence-electron chi connectivity index (χ2n) is 4.96. The van der Waals surface area contributed by atoms with Crippen LogP contribution in [-0.4, -0.2) is 35.0 Å². The minimum absolute atomic E-state index is 0.00184. The maximum atomic E-state index is 12.6. The van der Waals surface area contributed by atoms with Crippen molar-refractivity contribution in [2.45, 2.75) is 18.3 Å². The number of nitrogens with two attached hydrogens (primary N) is 1. The van der Waals surface area contributed by atoms with Crippen LogP contribution in [0.2, 0.25) is 0 Å². The summed E-state index contributed by atoms with van der Waals surface area (Å²) in [7, 11) is 0. The highest BCUT2D eigenvalue weighted by molar-refractivity contribution is 5.93. The zero-order chi connectivity index (χ0) is 14.8. The molecule has 1 aromatic rings. The van der Waals surface area contributed by atoms with E-state index in [-0.39, 0.29) is 19.0 Å². The van der Waals surface area contributed by atoms with Crippen LogP contribution >= 0.6 is 0 Å². The number of nitrogen functional groups attached to an aromatic ring is 1. The van der Waals surface area contributed by atoms with Gasteiger partial charge in [0, 0.05) is 5.69 Å². The van der Waals surface area contributed by atoms with Crippen molar-refractivity contribution in [1.29, 1.82) is 0 Å². The van der Waals surface area contributed by atoms with Crippen LogP contribution in [0.3, 0.4) is 0 Å². The van der Waals surface area contributed by atoms with E-state index in [1.165, 1.54) is 4.90 Å². The minimum Gasteiger partial charge on any atom is -0.480 e. The number of rotatable bonds is 5. The molecule has 3 N–H and O–H groups in total. The fourth-order valence-electron chi connectivity index (χ4n) is 2.33. The second-order valence-corrected chi connectivity index (χ2v) is 4.96. The Hall–Kier alpha value is -2.48. The van der Waals surface area contributed by atoms with E-state index in [0.717, 1.165) is 5.56 Å². The summed E-state index contributed by atoms with van der Waals surface area (Å²) < 4.78 is 0. The third-order valence-corrected chi connectivity index (χ3v) is 3.52. The van der Waals surface area contributed by atoms with Crippen molar-refractivity contribution in [2.24, 2.45) is 0 Å². The number of carbonyl (C=O) groups is 2. The topological polar surface area (TPSA) is 83.6 Å². The number of carboxylic acids is 1. The molecule has 0 atom stereocenters. The highest BCUT2D eigenvalue weighted by atomic mass is 16.4. The molecule has 0 heterocycles. The number of anilines is 1. The summed E-state index contributed by atoms with van der Waals surface area (Å²) in [5.74, 6) is 1.05. The molecule has 20 heavy (non-hydrogen) atoms. The molecule has 0 saturated heterocycles. The molecule has 5 nitrogen and oxygen atoms in total. The van der Waals surface area contributed by atoms with Crippen molar-refractivity contribution in [2.75, 3.05) is 18.8 Å². The summed E-state index contributed by atoms with van der Waals surface area (Å²) >= 11 is 0. The molecule has 2 rings (SSSR count). The molecule has 0 bridgehead atoms. The molecule has 0 spiro atoms. The van der Waals surface area contributed by atoms with Gasteiger partial charge in [-0.15, -0.1) is 6.42 Å². The predicted octanol–water partition coefficient (Wildman–Crippen LogP) is 0.847. The molecule has 5 heteroatoms. The van der Waals surface area contributed by atoms with Crippen molar-refractivity contribution in [3.63, 3.8) is 0 Å². The lowest BCUT2D eigenvalue weighted by Crippen LogP contribution is -2.42. The van der Waals surface area contributed by atoms with Gasteiger partial charge in [0.25, 0.3) is 0 Å². The minimum atomic E-state index is -1.07. The Labute approximate surface area is 117 Å². The van der Waals surface area contributed by atoms with Gasteiger partial charge in [0.05, 0.1) is 12.0 Å². The standard InChI is InChI=1S/C15H16N2O3/c1-2-9-17(10-13(18)19)14(20)15(7-8-15)11-3-5-12(16)6-4-11/h1,3-6H,7-10,16H2,(H,18,19). The Morgan fingerprint density at radius 3 is 2.40 bits per heavy atom. The van der Waals surface area contributed by atoms with Crippen molar-refractivity contribution < 1.29 is 14.7 Å². The molecular formula is C15H16N2O3. The van der Waals surface area contributed by atoms with Crippen molar-refractivity contribution in [3.05, 3.63) is 29.8 Å². The summed E-state index contributed by atoms with van der Waals surface area (Å²) in [5.41, 5.74) is 6.51. The molecule has 1 aliphatic carbocycles. The Morgan fingerprint density at radius 1 is 1.35 bits per heavy atom. The summed E-state index contributed by atoms with van der Waals surface area (Å²) in [5, 5.41) is 8.87. The number of amides is 1. The number of carbonyl (C=O) groups excluding carboxylic acids is 1. The van der Waals surface area contributed by atoms with Gasteiger partial charge in [-0.25, -0.2) is 0 Å². The average Bonchev–Trinajstić information content (AvgIpc) is 3.19. The molecule has 0 unspecified atom stereocenters. The van der Waals surface area contributed by atoms with E-state index in [2.05, 4.69) is 5.92 Å². The highest BCUT2D eigenvalue weighted by Crippen LogP contribution is 2.49. The van der Waals surface area contributed by atoms with Gasteiger partial charge >= 0.3 is 5.97 Å². The smallest absolute Gasteiger partial charge is 0.323 e. The van der Waals surface area contributed by atoms with Gasteiger partial charge in [0.15, 0.2) is 0 Å². The molecule has 0 aromatic heterocycles. The molecule has 1 aromatic carbocycles. The number of nitrogens with zero attached hydrogens (tertiary/aromatic N) is 1. The molecule has 0 aliphatic heterocycles. The quantitative estimate of drug-likeness (QED) is 0.614. The number of terminal acetylenes is 1.